The number of carbonyl (C=O) groups is 4. The van der Waals surface area contributed by atoms with Crippen molar-refractivity contribution in [1.82, 2.24) is 4.90 Å². The Kier molecular flexibility index (Phi) is 7.39. The summed E-state index contributed by atoms with van der Waals surface area (Å²) in [5, 5.41) is 0.345. The van der Waals surface area contributed by atoms with E-state index in [2.05, 4.69) is 0 Å². The van der Waals surface area contributed by atoms with Crippen molar-refractivity contribution in [3.05, 3.63) is 100 Å². The van der Waals surface area contributed by atoms with Crippen molar-refractivity contribution in [3.8, 4) is 0 Å². The first-order valence-corrected chi connectivity index (χ1v) is 14.8. The number of amides is 1. The average molecular weight is 601 g/mol. The van der Waals surface area contributed by atoms with Gasteiger partial charge < -0.3 is 14.4 Å². The van der Waals surface area contributed by atoms with Crippen LogP contribution in [0, 0.1) is 12.8 Å². The van der Waals surface area contributed by atoms with E-state index in [0.717, 1.165) is 11.1 Å². The number of fused-ring (bicyclic) bond motifs is 3. The molecular weight excluding hydrogens is 568 g/mol. The normalized spacial score (nSPS) is 26.0. The Bertz CT molecular complexity index is 1610. The molecule has 0 bridgehead atoms. The van der Waals surface area contributed by atoms with Crippen LogP contribution in [0.1, 0.15) is 46.3 Å². The highest BCUT2D eigenvalue weighted by Crippen LogP contribution is 2.65. The zero-order valence-corrected chi connectivity index (χ0v) is 25.1. The van der Waals surface area contributed by atoms with Gasteiger partial charge in [-0.3, -0.25) is 19.3 Å². The number of Topliss-reactive ketones (excluding diaryl/α,β-unsaturated/α-hetero) is 1. The Morgan fingerprint density at radius 3 is 2.37 bits per heavy atom. The third-order valence-corrected chi connectivity index (χ3v) is 9.74. The third-order valence-electron chi connectivity index (χ3n) is 9.50. The first-order chi connectivity index (χ1) is 20.7. The molecule has 2 fully saturated rings. The highest BCUT2D eigenvalue weighted by atomic mass is 35.5. The molecule has 0 N–H and O–H groups in total. The second-order valence-electron chi connectivity index (χ2n) is 11.6. The largest absolute Gasteiger partial charge is 0.469 e. The maximum absolute atomic E-state index is 15.4. The second kappa shape index (κ2) is 10.9. The third kappa shape index (κ3) is 4.14. The van der Waals surface area contributed by atoms with Crippen molar-refractivity contribution in [1.29, 1.82) is 0 Å². The van der Waals surface area contributed by atoms with Crippen LogP contribution in [-0.2, 0) is 35.8 Å². The molecule has 0 aromatic heterocycles. The lowest BCUT2D eigenvalue weighted by Gasteiger charge is -2.45. The smallest absolute Gasteiger partial charge is 0.328 e. The van der Waals surface area contributed by atoms with Gasteiger partial charge in [-0.05, 0) is 55.6 Å². The number of carbonyl (C=O) groups excluding carboxylic acids is 4. The van der Waals surface area contributed by atoms with Crippen molar-refractivity contribution < 1.29 is 28.7 Å². The molecule has 2 saturated heterocycles. The molecule has 0 aliphatic carbocycles. The van der Waals surface area contributed by atoms with Gasteiger partial charge in [0.05, 0.1) is 33.1 Å². The van der Waals surface area contributed by atoms with Gasteiger partial charge in [0.15, 0.2) is 5.78 Å². The summed E-state index contributed by atoms with van der Waals surface area (Å²) in [6.45, 7) is 2.53. The molecule has 3 aromatic rings. The lowest BCUT2D eigenvalue weighted by molar-refractivity contribution is -0.166. The first kappa shape index (κ1) is 29.1. The number of halogens is 1. The number of ketones is 1. The van der Waals surface area contributed by atoms with Crippen LogP contribution in [0.4, 0.5) is 5.69 Å². The fourth-order valence-electron chi connectivity index (χ4n) is 7.82. The summed E-state index contributed by atoms with van der Waals surface area (Å²) >= 11 is 6.63. The van der Waals surface area contributed by atoms with Crippen LogP contribution in [0.15, 0.2) is 72.8 Å². The summed E-state index contributed by atoms with van der Waals surface area (Å²) in [5.41, 5.74) is -0.421. The van der Waals surface area contributed by atoms with Gasteiger partial charge >= 0.3 is 11.9 Å². The molecule has 0 radical (unpaired) electrons. The van der Waals surface area contributed by atoms with Gasteiger partial charge in [-0.25, -0.2) is 4.79 Å². The molecule has 9 heteroatoms. The van der Waals surface area contributed by atoms with E-state index in [-0.39, 0.29) is 12.3 Å². The molecule has 3 aliphatic heterocycles. The fraction of sp³-hybridized carbons (Fsp3) is 0.353. The Morgan fingerprint density at radius 1 is 0.977 bits per heavy atom. The Hall–Kier alpha value is -4.01. The monoisotopic (exact) mass is 600 g/mol. The Balaban J connectivity index is 1.69. The van der Waals surface area contributed by atoms with E-state index in [9.17, 15) is 14.4 Å². The van der Waals surface area contributed by atoms with Gasteiger partial charge in [0.1, 0.15) is 11.0 Å². The van der Waals surface area contributed by atoms with E-state index < -0.39 is 47.2 Å². The van der Waals surface area contributed by atoms with Crippen molar-refractivity contribution in [2.45, 2.75) is 49.7 Å². The second-order valence-corrected chi connectivity index (χ2v) is 12.0. The molecule has 1 amide bonds. The van der Waals surface area contributed by atoms with Gasteiger partial charge in [-0.2, -0.15) is 0 Å². The van der Waals surface area contributed by atoms with Gasteiger partial charge in [-0.1, -0.05) is 71.8 Å². The Morgan fingerprint density at radius 2 is 1.70 bits per heavy atom. The molecular formula is C34H33ClN2O6. The number of aryl methyl sites for hydroxylation is 1. The minimum Gasteiger partial charge on any atom is -0.469 e. The van der Waals surface area contributed by atoms with Gasteiger partial charge in [0.25, 0.3) is 0 Å². The van der Waals surface area contributed by atoms with Crippen LogP contribution in [0.2, 0.25) is 5.02 Å². The van der Waals surface area contributed by atoms with Gasteiger partial charge in [0, 0.05) is 22.3 Å². The van der Waals surface area contributed by atoms with E-state index in [4.69, 9.17) is 21.1 Å². The number of rotatable bonds is 7. The molecule has 3 heterocycles. The van der Waals surface area contributed by atoms with E-state index in [0.29, 0.717) is 41.2 Å². The van der Waals surface area contributed by atoms with Gasteiger partial charge in [0.2, 0.25) is 5.91 Å². The van der Waals surface area contributed by atoms with E-state index >= 15 is 4.79 Å². The minimum absolute atomic E-state index is 0.196. The highest BCUT2D eigenvalue weighted by Gasteiger charge is 2.81. The molecule has 8 nitrogen and oxygen atoms in total. The topological polar surface area (TPSA) is 93.2 Å². The number of nitrogens with zero attached hydrogens (tertiary/aromatic N) is 2. The predicted molar refractivity (Wildman–Crippen MR) is 161 cm³/mol. The number of benzene rings is 3. The Labute approximate surface area is 255 Å². The quantitative estimate of drug-likeness (QED) is 0.282. The molecule has 43 heavy (non-hydrogen) atoms. The zero-order chi connectivity index (χ0) is 30.5. The molecule has 4 atom stereocenters. The number of anilines is 1. The number of esters is 2. The van der Waals surface area contributed by atoms with Crippen LogP contribution >= 0.6 is 11.6 Å². The zero-order valence-electron chi connectivity index (χ0n) is 24.3. The molecule has 3 aromatic carbocycles. The fourth-order valence-corrected chi connectivity index (χ4v) is 7.99. The molecule has 0 unspecified atom stereocenters. The van der Waals surface area contributed by atoms with Crippen molar-refractivity contribution in [3.63, 3.8) is 0 Å². The number of hydrogen-bond acceptors (Lipinski definition) is 7. The maximum atomic E-state index is 15.4. The summed E-state index contributed by atoms with van der Waals surface area (Å²) in [7, 11) is 2.49. The summed E-state index contributed by atoms with van der Waals surface area (Å²) in [4.78, 5) is 61.3. The first-order valence-electron chi connectivity index (χ1n) is 14.4. The molecule has 1 spiro atoms. The van der Waals surface area contributed by atoms with E-state index in [1.807, 2.05) is 54.3 Å². The minimum atomic E-state index is -1.86. The van der Waals surface area contributed by atoms with E-state index in [1.54, 1.807) is 35.2 Å². The lowest BCUT2D eigenvalue weighted by Crippen LogP contribution is -2.67. The van der Waals surface area contributed by atoms with Crippen LogP contribution in [0.25, 0.3) is 0 Å². The van der Waals surface area contributed by atoms with Crippen molar-refractivity contribution >= 4 is 40.9 Å². The standard InChI is InChI=1S/C34H33ClN2O6/c1-21-11-13-23(14-12-21)30(39)29-27-10-7-17-37(27)33(32(41)43-3,19-28(38)42-2)34(29)25-18-24(35)15-16-26(25)36(31(34)40)20-22-8-5-4-6-9-22/h4-6,8-9,11-16,18,27,29H,7,10,17,19-20H2,1-3H3/t27-,29+,33-,34-/m1/s1. The van der Waals surface area contributed by atoms with Crippen LogP contribution in [0.5, 0.6) is 0 Å². The summed E-state index contributed by atoms with van der Waals surface area (Å²) in [6.07, 6.45) is 0.773. The van der Waals surface area contributed by atoms with Crippen LogP contribution in [0.3, 0.4) is 0 Å². The SMILES string of the molecule is COC(=O)C[C@]1(C(=O)OC)N2CCC[C@@H]2[C@@H](C(=O)c2ccc(C)cc2)[C@]12C(=O)N(Cc1ccccc1)c1ccc(Cl)cc12. The van der Waals surface area contributed by atoms with Crippen LogP contribution < -0.4 is 4.90 Å². The summed E-state index contributed by atoms with van der Waals surface area (Å²) in [5.74, 6) is -3.16. The molecule has 0 saturated carbocycles. The highest BCUT2D eigenvalue weighted by molar-refractivity contribution is 6.31. The van der Waals surface area contributed by atoms with Gasteiger partial charge in [-0.15, -0.1) is 0 Å². The van der Waals surface area contributed by atoms with Crippen molar-refractivity contribution in [2.24, 2.45) is 5.92 Å². The molecule has 3 aliphatic rings. The molecule has 6 rings (SSSR count). The maximum Gasteiger partial charge on any atom is 0.328 e. The van der Waals surface area contributed by atoms with Crippen molar-refractivity contribution in [2.75, 3.05) is 25.7 Å². The number of hydrogen-bond donors (Lipinski definition) is 0. The van der Waals surface area contributed by atoms with Crippen LogP contribution in [-0.4, -0.2) is 60.9 Å². The lowest BCUT2D eigenvalue weighted by atomic mass is 9.57. The molecule has 222 valence electrons. The predicted octanol–water partition coefficient (Wildman–Crippen LogP) is 4.89. The van der Waals surface area contributed by atoms with E-state index in [1.165, 1.54) is 14.2 Å². The number of methoxy groups -OCH3 is 2. The average Bonchev–Trinajstić information content (AvgIpc) is 3.65. The summed E-state index contributed by atoms with van der Waals surface area (Å²) < 4.78 is 10.6. The number of ether oxygens (including phenoxy) is 2. The summed E-state index contributed by atoms with van der Waals surface area (Å²) in [6, 6.07) is 21.3.